The summed E-state index contributed by atoms with van der Waals surface area (Å²) in [5.74, 6) is 1.63. The lowest BCUT2D eigenvalue weighted by Crippen LogP contribution is -2.34. The SMILES string of the molecule is CC(C)Oc1ccc(Cl)cc1-c1nc(C2(N)CCCC2)no1. The van der Waals surface area contributed by atoms with Crippen molar-refractivity contribution >= 4 is 11.6 Å². The van der Waals surface area contributed by atoms with Gasteiger partial charge in [0.15, 0.2) is 5.82 Å². The Bertz CT molecular complexity index is 663. The van der Waals surface area contributed by atoms with E-state index in [0.29, 0.717) is 28.1 Å². The lowest BCUT2D eigenvalue weighted by atomic mass is 9.99. The lowest BCUT2D eigenvalue weighted by Gasteiger charge is -2.17. The van der Waals surface area contributed by atoms with Gasteiger partial charge in [-0.05, 0) is 44.9 Å². The molecule has 118 valence electrons. The summed E-state index contributed by atoms with van der Waals surface area (Å²) in [6.07, 6.45) is 4.00. The number of rotatable bonds is 4. The van der Waals surface area contributed by atoms with Crippen molar-refractivity contribution < 1.29 is 9.26 Å². The van der Waals surface area contributed by atoms with Crippen LogP contribution in [0, 0.1) is 0 Å². The first-order valence-electron chi connectivity index (χ1n) is 7.57. The first-order chi connectivity index (χ1) is 10.5. The van der Waals surface area contributed by atoms with E-state index in [-0.39, 0.29) is 6.10 Å². The highest BCUT2D eigenvalue weighted by molar-refractivity contribution is 6.30. The van der Waals surface area contributed by atoms with Crippen molar-refractivity contribution in [3.8, 4) is 17.2 Å². The van der Waals surface area contributed by atoms with Gasteiger partial charge < -0.3 is 15.0 Å². The molecule has 22 heavy (non-hydrogen) atoms. The Hall–Kier alpha value is -1.59. The Morgan fingerprint density at radius 2 is 2.05 bits per heavy atom. The van der Waals surface area contributed by atoms with Crippen LogP contribution >= 0.6 is 11.6 Å². The fraction of sp³-hybridized carbons (Fsp3) is 0.500. The van der Waals surface area contributed by atoms with Crippen molar-refractivity contribution in [3.63, 3.8) is 0 Å². The molecule has 1 saturated carbocycles. The number of benzene rings is 1. The van der Waals surface area contributed by atoms with Gasteiger partial charge in [-0.25, -0.2) is 0 Å². The molecule has 0 aliphatic heterocycles. The highest BCUT2D eigenvalue weighted by Gasteiger charge is 2.36. The zero-order valence-electron chi connectivity index (χ0n) is 12.8. The molecule has 5 nitrogen and oxygen atoms in total. The van der Waals surface area contributed by atoms with E-state index in [2.05, 4.69) is 10.1 Å². The summed E-state index contributed by atoms with van der Waals surface area (Å²) in [4.78, 5) is 4.50. The van der Waals surface area contributed by atoms with Gasteiger partial charge in [0.05, 0.1) is 17.2 Å². The van der Waals surface area contributed by atoms with E-state index in [1.54, 1.807) is 12.1 Å². The van der Waals surface area contributed by atoms with Gasteiger partial charge in [0.25, 0.3) is 5.89 Å². The molecule has 2 aromatic rings. The summed E-state index contributed by atoms with van der Waals surface area (Å²) < 4.78 is 11.2. The molecule has 0 atom stereocenters. The van der Waals surface area contributed by atoms with Crippen molar-refractivity contribution in [2.45, 2.75) is 51.2 Å². The van der Waals surface area contributed by atoms with Crippen LogP contribution in [0.5, 0.6) is 5.75 Å². The summed E-state index contributed by atoms with van der Waals surface area (Å²) in [5.41, 5.74) is 6.60. The second-order valence-electron chi connectivity index (χ2n) is 6.09. The first-order valence-corrected chi connectivity index (χ1v) is 7.95. The van der Waals surface area contributed by atoms with Crippen molar-refractivity contribution in [1.29, 1.82) is 0 Å². The molecule has 1 heterocycles. The fourth-order valence-electron chi connectivity index (χ4n) is 2.79. The molecule has 6 heteroatoms. The van der Waals surface area contributed by atoms with Gasteiger partial charge in [-0.2, -0.15) is 4.98 Å². The van der Waals surface area contributed by atoms with Crippen LogP contribution < -0.4 is 10.5 Å². The highest BCUT2D eigenvalue weighted by atomic mass is 35.5. The third kappa shape index (κ3) is 2.96. The van der Waals surface area contributed by atoms with E-state index in [4.69, 9.17) is 26.6 Å². The topological polar surface area (TPSA) is 74.2 Å². The number of hydrogen-bond acceptors (Lipinski definition) is 5. The molecule has 2 N–H and O–H groups in total. The number of halogens is 1. The largest absolute Gasteiger partial charge is 0.490 e. The van der Waals surface area contributed by atoms with Crippen molar-refractivity contribution in [1.82, 2.24) is 10.1 Å². The van der Waals surface area contributed by atoms with Crippen LogP contribution in [0.4, 0.5) is 0 Å². The molecule has 0 saturated heterocycles. The summed E-state index contributed by atoms with van der Waals surface area (Å²) >= 11 is 6.09. The fourth-order valence-corrected chi connectivity index (χ4v) is 2.96. The average Bonchev–Trinajstić information content (AvgIpc) is 3.10. The Kier molecular flexibility index (Phi) is 4.10. The van der Waals surface area contributed by atoms with Crippen molar-refractivity contribution in [2.24, 2.45) is 5.73 Å². The number of ether oxygens (including phenoxy) is 1. The van der Waals surface area contributed by atoms with Crippen LogP contribution in [0.25, 0.3) is 11.5 Å². The second-order valence-corrected chi connectivity index (χ2v) is 6.53. The molecule has 0 amide bonds. The molecule has 0 spiro atoms. The van der Waals surface area contributed by atoms with Crippen LogP contribution in [0.2, 0.25) is 5.02 Å². The Labute approximate surface area is 134 Å². The van der Waals surface area contributed by atoms with Crippen LogP contribution in [0.15, 0.2) is 22.7 Å². The van der Waals surface area contributed by atoms with Crippen molar-refractivity contribution in [2.75, 3.05) is 0 Å². The molecular formula is C16H20ClN3O2. The van der Waals surface area contributed by atoms with Gasteiger partial charge in [0, 0.05) is 5.02 Å². The highest BCUT2D eigenvalue weighted by Crippen LogP contribution is 2.37. The van der Waals surface area contributed by atoms with E-state index in [1.807, 2.05) is 19.9 Å². The second kappa shape index (κ2) is 5.89. The standard InChI is InChI=1S/C16H20ClN3O2/c1-10(2)21-13-6-5-11(17)9-12(13)14-19-15(20-22-14)16(18)7-3-4-8-16/h5-6,9-10H,3-4,7-8,18H2,1-2H3. The third-order valence-electron chi connectivity index (χ3n) is 3.90. The normalized spacial score (nSPS) is 17.1. The Morgan fingerprint density at radius 3 is 2.73 bits per heavy atom. The van der Waals surface area contributed by atoms with Crippen LogP contribution in [-0.4, -0.2) is 16.2 Å². The molecule has 0 unspecified atom stereocenters. The maximum Gasteiger partial charge on any atom is 0.261 e. The first kappa shape index (κ1) is 15.3. The Balaban J connectivity index is 1.97. The van der Waals surface area contributed by atoms with Crippen LogP contribution in [-0.2, 0) is 5.54 Å². The maximum atomic E-state index is 6.38. The minimum atomic E-state index is -0.473. The van der Waals surface area contributed by atoms with Gasteiger partial charge in [0.1, 0.15) is 5.75 Å². The maximum absolute atomic E-state index is 6.38. The summed E-state index contributed by atoms with van der Waals surface area (Å²) in [5, 5.41) is 4.68. The molecular weight excluding hydrogens is 302 g/mol. The molecule has 1 aromatic carbocycles. The smallest absolute Gasteiger partial charge is 0.261 e. The predicted octanol–water partition coefficient (Wildman–Crippen LogP) is 3.91. The predicted molar refractivity (Wildman–Crippen MR) is 84.8 cm³/mol. The summed E-state index contributed by atoms with van der Waals surface area (Å²) in [7, 11) is 0. The molecule has 3 rings (SSSR count). The monoisotopic (exact) mass is 321 g/mol. The van der Waals surface area contributed by atoms with Gasteiger partial charge in [-0.15, -0.1) is 0 Å². The van der Waals surface area contributed by atoms with Crippen molar-refractivity contribution in [3.05, 3.63) is 29.0 Å². The average molecular weight is 322 g/mol. The summed E-state index contributed by atoms with van der Waals surface area (Å²) in [6, 6.07) is 5.37. The molecule has 1 aliphatic carbocycles. The number of aromatic nitrogens is 2. The van der Waals surface area contributed by atoms with E-state index in [1.165, 1.54) is 0 Å². The molecule has 1 fully saturated rings. The van der Waals surface area contributed by atoms with Gasteiger partial charge in [0.2, 0.25) is 0 Å². The molecule has 1 aromatic heterocycles. The summed E-state index contributed by atoms with van der Waals surface area (Å²) in [6.45, 7) is 3.93. The van der Waals surface area contributed by atoms with E-state index >= 15 is 0 Å². The third-order valence-corrected chi connectivity index (χ3v) is 4.14. The zero-order chi connectivity index (χ0) is 15.7. The number of nitrogens with two attached hydrogens (primary N) is 1. The molecule has 0 bridgehead atoms. The zero-order valence-corrected chi connectivity index (χ0v) is 13.6. The number of nitrogens with zero attached hydrogens (tertiary/aromatic N) is 2. The quantitative estimate of drug-likeness (QED) is 0.924. The van der Waals surface area contributed by atoms with Gasteiger partial charge in [-0.3, -0.25) is 0 Å². The molecule has 1 aliphatic rings. The minimum Gasteiger partial charge on any atom is -0.490 e. The van der Waals surface area contributed by atoms with E-state index < -0.39 is 5.54 Å². The van der Waals surface area contributed by atoms with Crippen LogP contribution in [0.1, 0.15) is 45.4 Å². The molecule has 0 radical (unpaired) electrons. The number of hydrogen-bond donors (Lipinski definition) is 1. The lowest BCUT2D eigenvalue weighted by molar-refractivity contribution is 0.242. The van der Waals surface area contributed by atoms with Crippen LogP contribution in [0.3, 0.4) is 0 Å². The van der Waals surface area contributed by atoms with E-state index in [0.717, 1.165) is 25.7 Å². The van der Waals surface area contributed by atoms with Gasteiger partial charge in [-0.1, -0.05) is 29.6 Å². The Morgan fingerprint density at radius 1 is 1.32 bits per heavy atom. The van der Waals surface area contributed by atoms with Gasteiger partial charge >= 0.3 is 0 Å². The van der Waals surface area contributed by atoms with E-state index in [9.17, 15) is 0 Å². The minimum absolute atomic E-state index is 0.0398.